The normalized spacial score (nSPS) is 12.1. The highest BCUT2D eigenvalue weighted by atomic mass is 32.2. The minimum Gasteiger partial charge on any atom is -0.350 e. The smallest absolute Gasteiger partial charge is 0.221 e. The number of rotatable bonds is 6. The lowest BCUT2D eigenvalue weighted by Gasteiger charge is -2.14. The molecule has 0 bridgehead atoms. The van der Waals surface area contributed by atoms with Crippen LogP contribution < -0.4 is 5.32 Å². The first-order valence-electron chi connectivity index (χ1n) is 7.68. The van der Waals surface area contributed by atoms with Gasteiger partial charge in [-0.1, -0.05) is 39.0 Å². The standard InChI is InChI=1S/C17H22N2O3S2/c1-17(2,3)14-12-23-16(19-14)11-18-15(20)9-10-24(21,22)13-7-5-4-6-8-13/h4-8,12H,9-11H2,1-3H3,(H,18,20). The summed E-state index contributed by atoms with van der Waals surface area (Å²) >= 11 is 1.49. The average Bonchev–Trinajstić information content (AvgIpc) is 3.01. The molecule has 0 atom stereocenters. The monoisotopic (exact) mass is 366 g/mol. The van der Waals surface area contributed by atoms with E-state index in [1.54, 1.807) is 18.2 Å². The van der Waals surface area contributed by atoms with Crippen LogP contribution in [-0.2, 0) is 26.6 Å². The lowest BCUT2D eigenvalue weighted by atomic mass is 9.93. The molecular weight excluding hydrogens is 344 g/mol. The lowest BCUT2D eigenvalue weighted by Crippen LogP contribution is -2.25. The van der Waals surface area contributed by atoms with Crippen LogP contribution in [0.15, 0.2) is 40.6 Å². The Morgan fingerprint density at radius 1 is 1.21 bits per heavy atom. The van der Waals surface area contributed by atoms with Crippen molar-refractivity contribution in [3.8, 4) is 0 Å². The van der Waals surface area contributed by atoms with E-state index >= 15 is 0 Å². The summed E-state index contributed by atoms with van der Waals surface area (Å²) in [6, 6.07) is 8.17. The molecule has 0 radical (unpaired) electrons. The van der Waals surface area contributed by atoms with Gasteiger partial charge in [-0.15, -0.1) is 11.3 Å². The maximum absolute atomic E-state index is 12.1. The Kier molecular flexibility index (Phi) is 5.77. The fourth-order valence-electron chi connectivity index (χ4n) is 1.97. The van der Waals surface area contributed by atoms with Gasteiger partial charge < -0.3 is 5.32 Å². The van der Waals surface area contributed by atoms with E-state index in [0.29, 0.717) is 6.54 Å². The van der Waals surface area contributed by atoms with Crippen molar-refractivity contribution < 1.29 is 13.2 Å². The second kappa shape index (κ2) is 7.44. The van der Waals surface area contributed by atoms with Crippen molar-refractivity contribution >= 4 is 27.1 Å². The highest BCUT2D eigenvalue weighted by molar-refractivity contribution is 7.91. The first kappa shape index (κ1) is 18.6. The maximum Gasteiger partial charge on any atom is 0.221 e. The van der Waals surface area contributed by atoms with E-state index in [2.05, 4.69) is 31.1 Å². The van der Waals surface area contributed by atoms with Crippen molar-refractivity contribution in [2.75, 3.05) is 5.75 Å². The fraction of sp³-hybridized carbons (Fsp3) is 0.412. The average molecular weight is 367 g/mol. The van der Waals surface area contributed by atoms with Gasteiger partial charge in [0.05, 0.1) is 22.9 Å². The van der Waals surface area contributed by atoms with Gasteiger partial charge in [0.2, 0.25) is 5.91 Å². The maximum atomic E-state index is 12.1. The Morgan fingerprint density at radius 2 is 1.88 bits per heavy atom. The van der Waals surface area contributed by atoms with Crippen LogP contribution in [0.2, 0.25) is 0 Å². The molecule has 7 heteroatoms. The van der Waals surface area contributed by atoms with Crippen LogP contribution in [0, 0.1) is 0 Å². The summed E-state index contributed by atoms with van der Waals surface area (Å²) in [6.07, 6.45) is -0.0608. The molecule has 0 aliphatic carbocycles. The summed E-state index contributed by atoms with van der Waals surface area (Å²) in [4.78, 5) is 16.6. The van der Waals surface area contributed by atoms with Crippen LogP contribution in [-0.4, -0.2) is 25.1 Å². The molecule has 0 aliphatic heterocycles. The van der Waals surface area contributed by atoms with Crippen molar-refractivity contribution in [2.24, 2.45) is 0 Å². The third-order valence-corrected chi connectivity index (χ3v) is 6.04. The van der Waals surface area contributed by atoms with Gasteiger partial charge in [-0.2, -0.15) is 0 Å². The molecule has 1 aromatic heterocycles. The molecule has 1 amide bonds. The second-order valence-corrected chi connectivity index (χ2v) is 9.59. The molecule has 1 aromatic carbocycles. The molecule has 0 aliphatic rings. The molecule has 2 rings (SSSR count). The SMILES string of the molecule is CC(C)(C)c1csc(CNC(=O)CCS(=O)(=O)c2ccccc2)n1. The van der Waals surface area contributed by atoms with E-state index in [0.717, 1.165) is 10.7 Å². The van der Waals surface area contributed by atoms with Crippen molar-refractivity contribution in [2.45, 2.75) is 44.0 Å². The Bertz CT molecular complexity index is 791. The van der Waals surface area contributed by atoms with Crippen LogP contribution in [0.4, 0.5) is 0 Å². The van der Waals surface area contributed by atoms with Crippen LogP contribution >= 0.6 is 11.3 Å². The van der Waals surface area contributed by atoms with Gasteiger partial charge in [-0.05, 0) is 12.1 Å². The zero-order valence-electron chi connectivity index (χ0n) is 14.1. The number of nitrogens with zero attached hydrogens (tertiary/aromatic N) is 1. The summed E-state index contributed by atoms with van der Waals surface area (Å²) < 4.78 is 24.3. The number of hydrogen-bond donors (Lipinski definition) is 1. The molecule has 0 saturated heterocycles. The number of thiazole rings is 1. The molecule has 0 unspecified atom stereocenters. The Balaban J connectivity index is 1.85. The van der Waals surface area contributed by atoms with Gasteiger partial charge in [-0.25, -0.2) is 13.4 Å². The third-order valence-electron chi connectivity index (χ3n) is 3.46. The van der Waals surface area contributed by atoms with Crippen molar-refractivity contribution in [3.63, 3.8) is 0 Å². The summed E-state index contributed by atoms with van der Waals surface area (Å²) in [5.74, 6) is -0.490. The lowest BCUT2D eigenvalue weighted by molar-refractivity contribution is -0.120. The van der Waals surface area contributed by atoms with Gasteiger partial charge in [0.1, 0.15) is 5.01 Å². The number of benzene rings is 1. The van der Waals surface area contributed by atoms with E-state index < -0.39 is 9.84 Å². The number of carbonyl (C=O) groups excluding carboxylic acids is 1. The predicted octanol–water partition coefficient (Wildman–Crippen LogP) is 2.92. The first-order valence-corrected chi connectivity index (χ1v) is 10.2. The topological polar surface area (TPSA) is 76.1 Å². The van der Waals surface area contributed by atoms with Crippen molar-refractivity contribution in [1.29, 1.82) is 0 Å². The fourth-order valence-corrected chi connectivity index (χ4v) is 4.19. The quantitative estimate of drug-likeness (QED) is 0.853. The molecule has 1 N–H and O–H groups in total. The number of hydrogen-bond acceptors (Lipinski definition) is 5. The molecule has 0 spiro atoms. The van der Waals surface area contributed by atoms with Crippen LogP contribution in [0.25, 0.3) is 0 Å². The van der Waals surface area contributed by atoms with Gasteiger partial charge in [-0.3, -0.25) is 4.79 Å². The van der Waals surface area contributed by atoms with Gasteiger partial charge in [0.25, 0.3) is 0 Å². The van der Waals surface area contributed by atoms with Gasteiger partial charge >= 0.3 is 0 Å². The minimum atomic E-state index is -3.43. The number of nitrogens with one attached hydrogen (secondary N) is 1. The van der Waals surface area contributed by atoms with E-state index in [1.165, 1.54) is 23.5 Å². The number of carbonyl (C=O) groups is 1. The summed E-state index contributed by atoms with van der Waals surface area (Å²) in [5, 5.41) is 5.54. The molecule has 5 nitrogen and oxygen atoms in total. The predicted molar refractivity (Wildman–Crippen MR) is 95.8 cm³/mol. The highest BCUT2D eigenvalue weighted by Crippen LogP contribution is 2.23. The van der Waals surface area contributed by atoms with E-state index in [1.807, 2.05) is 5.38 Å². The van der Waals surface area contributed by atoms with Crippen molar-refractivity contribution in [1.82, 2.24) is 10.3 Å². The second-order valence-electron chi connectivity index (χ2n) is 6.54. The highest BCUT2D eigenvalue weighted by Gasteiger charge is 2.18. The first-order chi connectivity index (χ1) is 11.2. The van der Waals surface area contributed by atoms with E-state index in [4.69, 9.17) is 0 Å². The molecule has 1 heterocycles. The van der Waals surface area contributed by atoms with Gasteiger partial charge in [0, 0.05) is 17.2 Å². The zero-order valence-corrected chi connectivity index (χ0v) is 15.7. The molecule has 0 fully saturated rings. The zero-order chi connectivity index (χ0) is 17.8. The number of sulfone groups is 1. The van der Waals surface area contributed by atoms with Crippen molar-refractivity contribution in [3.05, 3.63) is 46.4 Å². The molecule has 24 heavy (non-hydrogen) atoms. The Morgan fingerprint density at radius 3 is 2.46 bits per heavy atom. The van der Waals surface area contributed by atoms with Gasteiger partial charge in [0.15, 0.2) is 9.84 Å². The largest absolute Gasteiger partial charge is 0.350 e. The number of aromatic nitrogens is 1. The Labute approximate surface area is 147 Å². The minimum absolute atomic E-state index is 0.0253. The summed E-state index contributed by atoms with van der Waals surface area (Å²) in [6.45, 7) is 6.57. The third kappa shape index (κ3) is 5.14. The van der Waals surface area contributed by atoms with E-state index in [-0.39, 0.29) is 28.4 Å². The van der Waals surface area contributed by atoms with E-state index in [9.17, 15) is 13.2 Å². The summed E-state index contributed by atoms with van der Waals surface area (Å²) in [5.41, 5.74) is 0.964. The molecule has 130 valence electrons. The van der Waals surface area contributed by atoms with Crippen LogP contribution in [0.3, 0.4) is 0 Å². The summed E-state index contributed by atoms with van der Waals surface area (Å²) in [7, 11) is -3.43. The number of amides is 1. The molecule has 0 saturated carbocycles. The Hall–Kier alpha value is -1.73. The molecule has 2 aromatic rings. The van der Waals surface area contributed by atoms with Crippen LogP contribution in [0.1, 0.15) is 37.9 Å². The van der Waals surface area contributed by atoms with Crippen LogP contribution in [0.5, 0.6) is 0 Å². The molecular formula is C17H22N2O3S2.